The highest BCUT2D eigenvalue weighted by atomic mass is 32.2. The smallest absolute Gasteiger partial charge is 0.262 e. The highest BCUT2D eigenvalue weighted by Crippen LogP contribution is 2.24. The van der Waals surface area contributed by atoms with Crippen LogP contribution in [0, 0.1) is 0 Å². The van der Waals surface area contributed by atoms with Crippen LogP contribution in [0.25, 0.3) is 10.9 Å². The molecule has 1 N–H and O–H groups in total. The van der Waals surface area contributed by atoms with Crippen LogP contribution >= 0.6 is 11.8 Å². The highest BCUT2D eigenvalue weighted by molar-refractivity contribution is 7.99. The number of anilines is 1. The second-order valence-corrected chi connectivity index (χ2v) is 8.47. The predicted octanol–water partition coefficient (Wildman–Crippen LogP) is 3.82. The number of nitrogens with zero attached hydrogens (tertiary/aromatic N) is 3. The van der Waals surface area contributed by atoms with E-state index in [0.29, 0.717) is 28.5 Å². The van der Waals surface area contributed by atoms with E-state index in [4.69, 9.17) is 4.52 Å². The molecule has 0 bridgehead atoms. The van der Waals surface area contributed by atoms with Gasteiger partial charge in [-0.25, -0.2) is 4.98 Å². The molecule has 28 heavy (non-hydrogen) atoms. The number of benzene rings is 1. The molecule has 0 saturated heterocycles. The van der Waals surface area contributed by atoms with E-state index in [2.05, 4.69) is 15.5 Å². The van der Waals surface area contributed by atoms with Crippen LogP contribution in [0.5, 0.6) is 0 Å². The molecule has 3 rings (SSSR count). The topological polar surface area (TPSA) is 90.0 Å². The van der Waals surface area contributed by atoms with Crippen molar-refractivity contribution < 1.29 is 9.32 Å². The van der Waals surface area contributed by atoms with E-state index in [9.17, 15) is 9.59 Å². The van der Waals surface area contributed by atoms with Gasteiger partial charge in [-0.05, 0) is 18.6 Å². The summed E-state index contributed by atoms with van der Waals surface area (Å²) in [6.07, 6.45) is 0.799. The molecule has 148 valence electrons. The standard InChI is InChI=1S/C20H24N4O3S/c1-5-10-24-18(26)13-8-6-7-9-14(13)21-19(24)28-12-16(25)22-17-11-15(23-27-17)20(2,3)4/h6-9,11H,5,10,12H2,1-4H3,(H,22,25). The fraction of sp³-hybridized carbons (Fsp3) is 0.400. The highest BCUT2D eigenvalue weighted by Gasteiger charge is 2.20. The Balaban J connectivity index is 1.75. The van der Waals surface area contributed by atoms with Gasteiger partial charge in [-0.15, -0.1) is 0 Å². The van der Waals surface area contributed by atoms with Crippen molar-refractivity contribution in [3.63, 3.8) is 0 Å². The van der Waals surface area contributed by atoms with E-state index in [-0.39, 0.29) is 22.6 Å². The number of rotatable bonds is 6. The van der Waals surface area contributed by atoms with Crippen molar-refractivity contribution >= 4 is 34.5 Å². The van der Waals surface area contributed by atoms with Gasteiger partial charge in [-0.3, -0.25) is 19.5 Å². The average Bonchev–Trinajstić information content (AvgIpc) is 3.11. The summed E-state index contributed by atoms with van der Waals surface area (Å²) in [6.45, 7) is 8.61. The lowest BCUT2D eigenvalue weighted by atomic mass is 9.92. The first-order valence-electron chi connectivity index (χ1n) is 9.19. The zero-order valence-electron chi connectivity index (χ0n) is 16.5. The Kier molecular flexibility index (Phi) is 5.88. The van der Waals surface area contributed by atoms with E-state index in [0.717, 1.165) is 12.1 Å². The molecule has 0 unspecified atom stereocenters. The maximum Gasteiger partial charge on any atom is 0.262 e. The summed E-state index contributed by atoms with van der Waals surface area (Å²) in [6, 6.07) is 8.97. The summed E-state index contributed by atoms with van der Waals surface area (Å²) in [5, 5.41) is 7.81. The zero-order chi connectivity index (χ0) is 20.3. The summed E-state index contributed by atoms with van der Waals surface area (Å²) in [5.74, 6) is 0.181. The molecule has 1 aromatic carbocycles. The third-order valence-electron chi connectivity index (χ3n) is 4.15. The molecule has 0 fully saturated rings. The monoisotopic (exact) mass is 400 g/mol. The molecule has 0 aliphatic heterocycles. The van der Waals surface area contributed by atoms with E-state index in [1.807, 2.05) is 39.8 Å². The van der Waals surface area contributed by atoms with Crippen LogP contribution in [-0.2, 0) is 16.8 Å². The fourth-order valence-corrected chi connectivity index (χ4v) is 3.50. The molecule has 0 radical (unpaired) electrons. The molecule has 3 aromatic rings. The number of fused-ring (bicyclic) bond motifs is 1. The third-order valence-corrected chi connectivity index (χ3v) is 5.12. The molecule has 1 amide bonds. The Labute approximate surface area is 167 Å². The van der Waals surface area contributed by atoms with Crippen LogP contribution in [-0.4, -0.2) is 26.4 Å². The minimum atomic E-state index is -0.243. The second-order valence-electron chi connectivity index (χ2n) is 7.53. The minimum Gasteiger partial charge on any atom is -0.338 e. The molecule has 2 heterocycles. The van der Waals surface area contributed by atoms with Gasteiger partial charge in [0.15, 0.2) is 5.16 Å². The van der Waals surface area contributed by atoms with Gasteiger partial charge in [0.25, 0.3) is 5.56 Å². The normalized spacial score (nSPS) is 11.7. The molecule has 0 saturated carbocycles. The molecule has 0 aliphatic rings. The summed E-state index contributed by atoms with van der Waals surface area (Å²) < 4.78 is 6.82. The number of nitrogens with one attached hydrogen (secondary N) is 1. The van der Waals surface area contributed by atoms with Gasteiger partial charge in [0.2, 0.25) is 11.8 Å². The molecular formula is C20H24N4O3S. The molecule has 0 atom stereocenters. The van der Waals surface area contributed by atoms with Crippen molar-refractivity contribution in [2.75, 3.05) is 11.1 Å². The number of para-hydroxylation sites is 1. The molecule has 0 spiro atoms. The van der Waals surface area contributed by atoms with Crippen molar-refractivity contribution in [3.05, 3.63) is 46.4 Å². The average molecular weight is 401 g/mol. The number of carbonyl (C=O) groups is 1. The van der Waals surface area contributed by atoms with Gasteiger partial charge < -0.3 is 4.52 Å². The third kappa shape index (κ3) is 4.44. The van der Waals surface area contributed by atoms with E-state index in [1.54, 1.807) is 22.8 Å². The van der Waals surface area contributed by atoms with Crippen molar-refractivity contribution in [1.82, 2.24) is 14.7 Å². The first-order chi connectivity index (χ1) is 13.3. The van der Waals surface area contributed by atoms with Gasteiger partial charge in [0.1, 0.15) is 0 Å². The largest absolute Gasteiger partial charge is 0.338 e. The number of carbonyl (C=O) groups excluding carboxylic acids is 1. The van der Waals surface area contributed by atoms with Crippen molar-refractivity contribution in [1.29, 1.82) is 0 Å². The second kappa shape index (κ2) is 8.18. The van der Waals surface area contributed by atoms with Crippen LogP contribution in [0.2, 0.25) is 0 Å². The lowest BCUT2D eigenvalue weighted by Crippen LogP contribution is -2.24. The molecular weight excluding hydrogens is 376 g/mol. The van der Waals surface area contributed by atoms with Crippen LogP contribution < -0.4 is 10.9 Å². The Morgan fingerprint density at radius 1 is 1.29 bits per heavy atom. The van der Waals surface area contributed by atoms with Crippen LogP contribution in [0.3, 0.4) is 0 Å². The SMILES string of the molecule is CCCn1c(SCC(=O)Nc2cc(C(C)(C)C)no2)nc2ccccc2c1=O. The van der Waals surface area contributed by atoms with E-state index in [1.165, 1.54) is 11.8 Å². The van der Waals surface area contributed by atoms with Crippen molar-refractivity contribution in [2.45, 2.75) is 51.2 Å². The number of hydrogen-bond acceptors (Lipinski definition) is 6. The predicted molar refractivity (Wildman–Crippen MR) is 111 cm³/mol. The van der Waals surface area contributed by atoms with Crippen LogP contribution in [0.15, 0.2) is 44.8 Å². The van der Waals surface area contributed by atoms with Gasteiger partial charge in [-0.2, -0.15) is 0 Å². The number of hydrogen-bond donors (Lipinski definition) is 1. The Morgan fingerprint density at radius 2 is 2.04 bits per heavy atom. The summed E-state index contributed by atoms with van der Waals surface area (Å²) in [4.78, 5) is 29.7. The first-order valence-corrected chi connectivity index (χ1v) is 10.2. The Bertz CT molecular complexity index is 1050. The molecule has 7 nitrogen and oxygen atoms in total. The summed E-state index contributed by atoms with van der Waals surface area (Å²) >= 11 is 1.23. The van der Waals surface area contributed by atoms with E-state index < -0.39 is 0 Å². The molecule has 8 heteroatoms. The van der Waals surface area contributed by atoms with Crippen LogP contribution in [0.4, 0.5) is 5.88 Å². The summed E-state index contributed by atoms with van der Waals surface area (Å²) in [5.41, 5.74) is 1.16. The maximum atomic E-state index is 12.8. The van der Waals surface area contributed by atoms with Gasteiger partial charge in [0, 0.05) is 18.0 Å². The molecule has 0 aliphatic carbocycles. The lowest BCUT2D eigenvalue weighted by molar-refractivity contribution is -0.113. The number of thioether (sulfide) groups is 1. The van der Waals surface area contributed by atoms with Crippen molar-refractivity contribution in [3.8, 4) is 0 Å². The van der Waals surface area contributed by atoms with E-state index >= 15 is 0 Å². The summed E-state index contributed by atoms with van der Waals surface area (Å²) in [7, 11) is 0. The Morgan fingerprint density at radius 3 is 2.71 bits per heavy atom. The fourth-order valence-electron chi connectivity index (χ4n) is 2.67. The van der Waals surface area contributed by atoms with Gasteiger partial charge in [-0.1, -0.05) is 56.7 Å². The molecule has 2 aromatic heterocycles. The van der Waals surface area contributed by atoms with Crippen molar-refractivity contribution in [2.24, 2.45) is 0 Å². The number of amides is 1. The quantitative estimate of drug-likeness (QED) is 0.500. The first kappa shape index (κ1) is 20.1. The maximum absolute atomic E-state index is 12.8. The minimum absolute atomic E-state index is 0.0830. The van der Waals surface area contributed by atoms with Crippen LogP contribution in [0.1, 0.15) is 39.8 Å². The lowest BCUT2D eigenvalue weighted by Gasteiger charge is -2.12. The van der Waals surface area contributed by atoms with Gasteiger partial charge in [0.05, 0.1) is 22.3 Å². The zero-order valence-corrected chi connectivity index (χ0v) is 17.3. The number of aromatic nitrogens is 3. The Hall–Kier alpha value is -2.61. The van der Waals surface area contributed by atoms with Gasteiger partial charge >= 0.3 is 0 Å².